The zero-order valence-corrected chi connectivity index (χ0v) is 21.0. The molecule has 0 atom stereocenters. The van der Waals surface area contributed by atoms with Crippen molar-refractivity contribution in [1.82, 2.24) is 14.9 Å². The molecule has 0 aliphatic heterocycles. The van der Waals surface area contributed by atoms with Gasteiger partial charge in [0.2, 0.25) is 5.91 Å². The van der Waals surface area contributed by atoms with Crippen LogP contribution >= 0.6 is 0 Å². The van der Waals surface area contributed by atoms with Crippen LogP contribution in [0.1, 0.15) is 47.3 Å². The number of imidazole rings is 1. The number of nitrogens with zero attached hydrogens (tertiary/aromatic N) is 2. The van der Waals surface area contributed by atoms with Gasteiger partial charge in [-0.15, -0.1) is 0 Å². The van der Waals surface area contributed by atoms with Gasteiger partial charge in [0.1, 0.15) is 11.6 Å². The second-order valence-corrected chi connectivity index (χ2v) is 9.22. The van der Waals surface area contributed by atoms with Crippen LogP contribution < -0.4 is 10.1 Å². The largest absolute Gasteiger partial charge is 0.497 e. The molecule has 5 heteroatoms. The van der Waals surface area contributed by atoms with E-state index in [9.17, 15) is 4.79 Å². The van der Waals surface area contributed by atoms with Crippen LogP contribution in [0.15, 0.2) is 66.7 Å². The van der Waals surface area contributed by atoms with Gasteiger partial charge in [-0.2, -0.15) is 0 Å². The SMILES string of the molecule is COc1ccc(CC(=O)NCCCCCc2nc3ccccc3n2Cc2cc(C)ccc2C)cc1. The number of ether oxygens (including phenoxy) is 1. The molecule has 0 unspecified atom stereocenters. The highest BCUT2D eigenvalue weighted by atomic mass is 16.5. The Morgan fingerprint density at radius 3 is 2.57 bits per heavy atom. The van der Waals surface area contributed by atoms with Crippen LogP contribution in [0.5, 0.6) is 5.75 Å². The summed E-state index contributed by atoms with van der Waals surface area (Å²) in [7, 11) is 1.64. The van der Waals surface area contributed by atoms with Gasteiger partial charge in [-0.1, -0.05) is 54.4 Å². The molecule has 182 valence electrons. The van der Waals surface area contributed by atoms with Crippen LogP contribution in [0.25, 0.3) is 11.0 Å². The predicted molar refractivity (Wildman–Crippen MR) is 142 cm³/mol. The molecule has 0 radical (unpaired) electrons. The summed E-state index contributed by atoms with van der Waals surface area (Å²) >= 11 is 0. The first-order valence-corrected chi connectivity index (χ1v) is 12.4. The van der Waals surface area contributed by atoms with Crippen LogP contribution in [0.2, 0.25) is 0 Å². The van der Waals surface area contributed by atoms with Gasteiger partial charge in [-0.25, -0.2) is 4.98 Å². The number of carbonyl (C=O) groups is 1. The average molecular weight is 470 g/mol. The zero-order valence-electron chi connectivity index (χ0n) is 21.0. The molecule has 0 spiro atoms. The van der Waals surface area contributed by atoms with Gasteiger partial charge in [-0.05, 0) is 67.6 Å². The average Bonchev–Trinajstić information content (AvgIpc) is 3.21. The Bertz CT molecular complexity index is 1270. The van der Waals surface area contributed by atoms with Crippen molar-refractivity contribution in [3.05, 3.63) is 94.8 Å². The molecule has 1 amide bonds. The summed E-state index contributed by atoms with van der Waals surface area (Å²) in [4.78, 5) is 17.2. The Morgan fingerprint density at radius 1 is 0.971 bits per heavy atom. The summed E-state index contributed by atoms with van der Waals surface area (Å²) in [5.41, 5.74) is 7.17. The molecular formula is C30H35N3O2. The third-order valence-corrected chi connectivity index (χ3v) is 6.49. The minimum absolute atomic E-state index is 0.0606. The van der Waals surface area contributed by atoms with Crippen molar-refractivity contribution in [2.75, 3.05) is 13.7 Å². The fourth-order valence-corrected chi connectivity index (χ4v) is 4.44. The highest BCUT2D eigenvalue weighted by Gasteiger charge is 2.12. The van der Waals surface area contributed by atoms with Gasteiger partial charge in [0, 0.05) is 19.5 Å². The lowest BCUT2D eigenvalue weighted by Gasteiger charge is -2.12. The smallest absolute Gasteiger partial charge is 0.224 e. The maximum absolute atomic E-state index is 12.2. The summed E-state index contributed by atoms with van der Waals surface area (Å²) in [6, 6.07) is 22.7. The highest BCUT2D eigenvalue weighted by molar-refractivity contribution is 5.78. The lowest BCUT2D eigenvalue weighted by molar-refractivity contribution is -0.120. The van der Waals surface area contributed by atoms with E-state index in [1.54, 1.807) is 7.11 Å². The van der Waals surface area contributed by atoms with E-state index in [0.717, 1.165) is 54.9 Å². The molecule has 0 aliphatic carbocycles. The number of aromatic nitrogens is 2. The monoisotopic (exact) mass is 469 g/mol. The van der Waals surface area contributed by atoms with E-state index in [-0.39, 0.29) is 5.91 Å². The van der Waals surface area contributed by atoms with Gasteiger partial charge in [0.25, 0.3) is 0 Å². The fraction of sp³-hybridized carbons (Fsp3) is 0.333. The highest BCUT2D eigenvalue weighted by Crippen LogP contribution is 2.21. The van der Waals surface area contributed by atoms with Crippen LogP contribution in [0.4, 0.5) is 0 Å². The van der Waals surface area contributed by atoms with Crippen LogP contribution in [-0.4, -0.2) is 29.1 Å². The Kier molecular flexibility index (Phi) is 8.19. The Labute approximate surface area is 208 Å². The molecule has 0 saturated heterocycles. The van der Waals surface area contributed by atoms with E-state index in [1.165, 1.54) is 22.2 Å². The Hall–Kier alpha value is -3.60. The maximum atomic E-state index is 12.2. The maximum Gasteiger partial charge on any atom is 0.224 e. The molecule has 3 aromatic carbocycles. The number of hydrogen-bond acceptors (Lipinski definition) is 3. The number of amides is 1. The standard InChI is InChI=1S/C30H35N3O2/c1-22-12-13-23(2)25(19-22)21-33-28-10-7-6-9-27(28)32-29(33)11-5-4-8-18-31-30(34)20-24-14-16-26(35-3)17-15-24/h6-7,9-10,12-17,19H,4-5,8,11,18,20-21H2,1-3H3,(H,31,34). The van der Waals surface area contributed by atoms with E-state index in [2.05, 4.69) is 66.2 Å². The molecule has 35 heavy (non-hydrogen) atoms. The summed E-state index contributed by atoms with van der Waals surface area (Å²) in [5.74, 6) is 2.00. The number of methoxy groups -OCH3 is 1. The summed E-state index contributed by atoms with van der Waals surface area (Å²) in [6.07, 6.45) is 4.39. The molecule has 1 aromatic heterocycles. The van der Waals surface area contributed by atoms with Gasteiger partial charge < -0.3 is 14.6 Å². The third kappa shape index (κ3) is 6.50. The lowest BCUT2D eigenvalue weighted by Crippen LogP contribution is -2.26. The summed E-state index contributed by atoms with van der Waals surface area (Å²) in [5, 5.41) is 3.04. The summed E-state index contributed by atoms with van der Waals surface area (Å²) < 4.78 is 7.53. The van der Waals surface area contributed by atoms with Crippen molar-refractivity contribution in [2.24, 2.45) is 0 Å². The van der Waals surface area contributed by atoms with Gasteiger partial charge in [-0.3, -0.25) is 4.79 Å². The first-order valence-electron chi connectivity index (χ1n) is 12.4. The molecule has 0 saturated carbocycles. The minimum atomic E-state index is 0.0606. The van der Waals surface area contributed by atoms with Gasteiger partial charge >= 0.3 is 0 Å². The number of para-hydroxylation sites is 2. The van der Waals surface area contributed by atoms with Crippen molar-refractivity contribution < 1.29 is 9.53 Å². The molecule has 0 fully saturated rings. The van der Waals surface area contributed by atoms with Crippen molar-refractivity contribution in [3.8, 4) is 5.75 Å². The van der Waals surface area contributed by atoms with E-state index < -0.39 is 0 Å². The second kappa shape index (κ2) is 11.7. The summed E-state index contributed by atoms with van der Waals surface area (Å²) in [6.45, 7) is 5.86. The number of unbranched alkanes of at least 4 members (excludes halogenated alkanes) is 2. The molecule has 5 nitrogen and oxygen atoms in total. The lowest BCUT2D eigenvalue weighted by atomic mass is 10.1. The normalized spacial score (nSPS) is 11.1. The van der Waals surface area contributed by atoms with Crippen LogP contribution in [0.3, 0.4) is 0 Å². The van der Waals surface area contributed by atoms with Crippen LogP contribution in [0, 0.1) is 13.8 Å². The van der Waals surface area contributed by atoms with Crippen molar-refractivity contribution in [2.45, 2.75) is 52.5 Å². The first-order chi connectivity index (χ1) is 17.0. The molecular weight excluding hydrogens is 434 g/mol. The number of nitrogens with one attached hydrogen (secondary N) is 1. The predicted octanol–water partition coefficient (Wildman–Crippen LogP) is 5.78. The Balaban J connectivity index is 1.28. The van der Waals surface area contributed by atoms with E-state index in [0.29, 0.717) is 13.0 Å². The molecule has 4 rings (SSSR count). The van der Waals surface area contributed by atoms with E-state index in [4.69, 9.17) is 9.72 Å². The molecule has 1 N–H and O–H groups in total. The van der Waals surface area contributed by atoms with Crippen LogP contribution in [-0.2, 0) is 24.2 Å². The zero-order chi connectivity index (χ0) is 24.6. The van der Waals surface area contributed by atoms with E-state index >= 15 is 0 Å². The second-order valence-electron chi connectivity index (χ2n) is 9.22. The van der Waals surface area contributed by atoms with Crippen molar-refractivity contribution in [3.63, 3.8) is 0 Å². The molecule has 0 bridgehead atoms. The minimum Gasteiger partial charge on any atom is -0.497 e. The first kappa shape index (κ1) is 24.5. The molecule has 1 heterocycles. The van der Waals surface area contributed by atoms with Gasteiger partial charge in [0.05, 0.1) is 24.6 Å². The number of aryl methyl sites for hydroxylation is 3. The third-order valence-electron chi connectivity index (χ3n) is 6.49. The Morgan fingerprint density at radius 2 is 1.77 bits per heavy atom. The number of carbonyl (C=O) groups excluding carboxylic acids is 1. The van der Waals surface area contributed by atoms with E-state index in [1.807, 2.05) is 24.3 Å². The molecule has 4 aromatic rings. The number of benzene rings is 3. The van der Waals surface area contributed by atoms with Gasteiger partial charge in [0.15, 0.2) is 0 Å². The quantitative estimate of drug-likeness (QED) is 0.283. The van der Waals surface area contributed by atoms with Crippen molar-refractivity contribution in [1.29, 1.82) is 0 Å². The number of hydrogen-bond donors (Lipinski definition) is 1. The topological polar surface area (TPSA) is 56.1 Å². The number of fused-ring (bicyclic) bond motifs is 1. The van der Waals surface area contributed by atoms with Crippen molar-refractivity contribution >= 4 is 16.9 Å². The number of rotatable bonds is 11. The fourth-order valence-electron chi connectivity index (χ4n) is 4.44. The molecule has 0 aliphatic rings.